The molecule has 6 heteroatoms. The Balaban J connectivity index is 1.03. The lowest BCUT2D eigenvalue weighted by molar-refractivity contribution is 0.483. The van der Waals surface area contributed by atoms with E-state index in [0.29, 0.717) is 0 Å². The highest BCUT2D eigenvalue weighted by atomic mass is 16.5. The lowest BCUT2D eigenvalue weighted by Crippen LogP contribution is -2.12. The number of hydrogen-bond acceptors (Lipinski definition) is 5. The van der Waals surface area contributed by atoms with Crippen molar-refractivity contribution in [3.63, 3.8) is 0 Å². The monoisotopic (exact) mass is 678 g/mol. The lowest BCUT2D eigenvalue weighted by atomic mass is 9.88. The second-order valence-electron chi connectivity index (χ2n) is 14.3. The number of nitrogens with one attached hydrogen (secondary N) is 1. The molecule has 3 heterocycles. The van der Waals surface area contributed by atoms with Crippen molar-refractivity contribution >= 4 is 66.5 Å². The van der Waals surface area contributed by atoms with Crippen LogP contribution in [-0.2, 0) is 5.41 Å². The number of fused-ring (bicyclic) bond motifs is 6. The number of furan rings is 1. The normalized spacial score (nSPS) is 11.8. The van der Waals surface area contributed by atoms with Crippen molar-refractivity contribution in [1.29, 1.82) is 0 Å². The molecule has 0 amide bonds. The third kappa shape index (κ3) is 5.59. The average Bonchev–Trinajstić information content (AvgIpc) is 3.70. The molecule has 0 atom stereocenters. The molecule has 0 aliphatic rings. The topological polar surface area (TPSA) is 55.5 Å². The van der Waals surface area contributed by atoms with Gasteiger partial charge in [-0.1, -0.05) is 75.4 Å². The zero-order chi connectivity index (χ0) is 35.4. The number of aromatic nitrogens is 2. The van der Waals surface area contributed by atoms with Gasteiger partial charge in [-0.05, 0) is 89.8 Å². The molecule has 9 aromatic rings. The van der Waals surface area contributed by atoms with Crippen molar-refractivity contribution in [3.05, 3.63) is 157 Å². The van der Waals surface area contributed by atoms with E-state index in [1.807, 2.05) is 48.7 Å². The van der Waals surface area contributed by atoms with Gasteiger partial charge in [0.2, 0.25) is 0 Å². The van der Waals surface area contributed by atoms with Crippen LogP contribution >= 0.6 is 0 Å². The number of rotatable bonds is 7. The summed E-state index contributed by atoms with van der Waals surface area (Å²) >= 11 is 0. The quantitative estimate of drug-likeness (QED) is 0.182. The van der Waals surface area contributed by atoms with Crippen molar-refractivity contribution in [2.75, 3.05) is 17.3 Å². The molecule has 3 aromatic heterocycles. The molecule has 9 rings (SSSR count). The van der Waals surface area contributed by atoms with Crippen molar-refractivity contribution in [3.8, 4) is 17.3 Å². The fourth-order valence-electron chi connectivity index (χ4n) is 7.13. The second kappa shape index (κ2) is 12.4. The number of hydrogen-bond donors (Lipinski definition) is 1. The molecule has 6 nitrogen and oxygen atoms in total. The first kappa shape index (κ1) is 31.5. The Hall–Kier alpha value is -6.53. The molecule has 52 heavy (non-hydrogen) atoms. The Morgan fingerprint density at radius 1 is 0.635 bits per heavy atom. The third-order valence-corrected chi connectivity index (χ3v) is 9.85. The molecule has 0 unspecified atom stereocenters. The predicted molar refractivity (Wildman–Crippen MR) is 215 cm³/mol. The van der Waals surface area contributed by atoms with Gasteiger partial charge < -0.3 is 19.4 Å². The van der Waals surface area contributed by atoms with Crippen molar-refractivity contribution in [2.24, 2.45) is 0 Å². The molecule has 254 valence electrons. The number of para-hydroxylation sites is 4. The number of pyridine rings is 1. The van der Waals surface area contributed by atoms with Gasteiger partial charge in [-0.3, -0.25) is 4.57 Å². The van der Waals surface area contributed by atoms with Gasteiger partial charge in [-0.15, -0.1) is 0 Å². The maximum atomic E-state index is 6.59. The summed E-state index contributed by atoms with van der Waals surface area (Å²) in [5.41, 5.74) is 9.19. The smallest absolute Gasteiger partial charge is 0.137 e. The van der Waals surface area contributed by atoms with Crippen LogP contribution in [0.25, 0.3) is 49.6 Å². The van der Waals surface area contributed by atoms with E-state index in [9.17, 15) is 0 Å². The minimum absolute atomic E-state index is 0.00335. The summed E-state index contributed by atoms with van der Waals surface area (Å²) in [6.07, 6.45) is 1.91. The van der Waals surface area contributed by atoms with Crippen LogP contribution < -0.4 is 15.0 Å². The van der Waals surface area contributed by atoms with Crippen LogP contribution in [0.15, 0.2) is 156 Å². The maximum absolute atomic E-state index is 6.59. The van der Waals surface area contributed by atoms with E-state index < -0.39 is 0 Å². The Morgan fingerprint density at radius 3 is 2.27 bits per heavy atom. The van der Waals surface area contributed by atoms with E-state index in [1.54, 1.807) is 0 Å². The summed E-state index contributed by atoms with van der Waals surface area (Å²) < 4.78 is 14.9. The van der Waals surface area contributed by atoms with Gasteiger partial charge in [-0.2, -0.15) is 0 Å². The standard InChI is InChI=1S/C46H38N4O2/c1-46(2,3)30-24-25-47-45(26-30)50-40-17-8-5-14-35(40)36-22-21-34(29-42(36)50)51-33-13-11-12-32(28-33)49(4)41-18-9-7-16-39(41)48-31-20-23-44-38(27-31)37-15-6-10-19-43(37)52-44/h5-29,48H,1-4H3. The molecule has 0 aliphatic heterocycles. The third-order valence-electron chi connectivity index (χ3n) is 9.85. The minimum Gasteiger partial charge on any atom is -0.457 e. The summed E-state index contributed by atoms with van der Waals surface area (Å²) in [5.74, 6) is 2.40. The average molecular weight is 679 g/mol. The number of benzene rings is 6. The first-order valence-electron chi connectivity index (χ1n) is 17.6. The Morgan fingerprint density at radius 2 is 1.38 bits per heavy atom. The van der Waals surface area contributed by atoms with Crippen LogP contribution in [-0.4, -0.2) is 16.6 Å². The van der Waals surface area contributed by atoms with Crippen molar-refractivity contribution in [1.82, 2.24) is 9.55 Å². The van der Waals surface area contributed by atoms with E-state index in [0.717, 1.165) is 78.4 Å². The highest BCUT2D eigenvalue weighted by Crippen LogP contribution is 2.39. The molecular formula is C46H38N4O2. The minimum atomic E-state index is 0.00335. The van der Waals surface area contributed by atoms with Gasteiger partial charge >= 0.3 is 0 Å². The summed E-state index contributed by atoms with van der Waals surface area (Å²) in [6, 6.07) is 50.1. The van der Waals surface area contributed by atoms with E-state index in [-0.39, 0.29) is 5.41 Å². The van der Waals surface area contributed by atoms with E-state index in [2.05, 4.69) is 146 Å². The molecule has 0 spiro atoms. The lowest BCUT2D eigenvalue weighted by Gasteiger charge is -2.24. The van der Waals surface area contributed by atoms with Crippen LogP contribution in [0, 0.1) is 0 Å². The van der Waals surface area contributed by atoms with Gasteiger partial charge in [0.15, 0.2) is 0 Å². The fraction of sp³-hybridized carbons (Fsp3) is 0.109. The molecule has 1 N–H and O–H groups in total. The highest BCUT2D eigenvalue weighted by molar-refractivity contribution is 6.09. The largest absolute Gasteiger partial charge is 0.457 e. The van der Waals surface area contributed by atoms with E-state index in [1.165, 1.54) is 10.9 Å². The first-order chi connectivity index (χ1) is 25.3. The Bertz CT molecular complexity index is 2770. The molecule has 0 radical (unpaired) electrons. The highest BCUT2D eigenvalue weighted by Gasteiger charge is 2.19. The molecular weight excluding hydrogens is 641 g/mol. The summed E-state index contributed by atoms with van der Waals surface area (Å²) in [6.45, 7) is 6.69. The van der Waals surface area contributed by atoms with Crippen molar-refractivity contribution < 1.29 is 9.15 Å². The van der Waals surface area contributed by atoms with Crippen LogP contribution in [0.5, 0.6) is 11.5 Å². The van der Waals surface area contributed by atoms with Gasteiger partial charge in [0.05, 0.1) is 22.4 Å². The molecule has 0 fully saturated rings. The van der Waals surface area contributed by atoms with Gasteiger partial charge in [0.1, 0.15) is 28.5 Å². The zero-order valence-corrected chi connectivity index (χ0v) is 29.6. The molecule has 0 saturated heterocycles. The summed E-state index contributed by atoms with van der Waals surface area (Å²) in [7, 11) is 2.08. The van der Waals surface area contributed by atoms with Crippen molar-refractivity contribution in [2.45, 2.75) is 26.2 Å². The van der Waals surface area contributed by atoms with Gasteiger partial charge in [0, 0.05) is 58.3 Å². The Kier molecular flexibility index (Phi) is 7.47. The zero-order valence-electron chi connectivity index (χ0n) is 29.6. The van der Waals surface area contributed by atoms with Crippen LogP contribution in [0.2, 0.25) is 0 Å². The summed E-state index contributed by atoms with van der Waals surface area (Å²) in [4.78, 5) is 7.01. The van der Waals surface area contributed by atoms with Crippen LogP contribution in [0.1, 0.15) is 26.3 Å². The van der Waals surface area contributed by atoms with Gasteiger partial charge in [-0.25, -0.2) is 4.98 Å². The summed E-state index contributed by atoms with van der Waals surface area (Å²) in [5, 5.41) is 8.19. The van der Waals surface area contributed by atoms with E-state index in [4.69, 9.17) is 14.1 Å². The molecule has 0 bridgehead atoms. The van der Waals surface area contributed by atoms with E-state index >= 15 is 0 Å². The number of nitrogens with zero attached hydrogens (tertiary/aromatic N) is 3. The Labute approximate surface area is 302 Å². The molecule has 0 saturated carbocycles. The number of ether oxygens (including phenoxy) is 1. The predicted octanol–water partition coefficient (Wildman–Crippen LogP) is 12.7. The SMILES string of the molecule is CN(c1cccc(Oc2ccc3c4ccccc4n(-c4cc(C(C)(C)C)ccn4)c3c2)c1)c1ccccc1Nc1ccc2oc3ccccc3c2c1. The maximum Gasteiger partial charge on any atom is 0.137 e. The number of anilines is 4. The van der Waals surface area contributed by atoms with Gasteiger partial charge in [0.25, 0.3) is 0 Å². The molecule has 6 aromatic carbocycles. The van der Waals surface area contributed by atoms with Crippen LogP contribution in [0.3, 0.4) is 0 Å². The molecule has 0 aliphatic carbocycles. The van der Waals surface area contributed by atoms with Crippen LogP contribution in [0.4, 0.5) is 22.7 Å². The fourth-order valence-corrected chi connectivity index (χ4v) is 7.13. The second-order valence-corrected chi connectivity index (χ2v) is 14.3. The first-order valence-corrected chi connectivity index (χ1v) is 17.6.